The molecule has 39 heavy (non-hydrogen) atoms. The van der Waals surface area contributed by atoms with Crippen LogP contribution in [0.4, 0.5) is 0 Å². The minimum Gasteiger partial charge on any atom is -0.480 e. The minimum absolute atomic E-state index is 0.0828. The molecule has 13 heteroatoms. The zero-order valence-electron chi connectivity index (χ0n) is 22.0. The molecule has 0 saturated heterocycles. The second-order valence-corrected chi connectivity index (χ2v) is 9.81. The lowest BCUT2D eigenvalue weighted by atomic mass is 10.00. The van der Waals surface area contributed by atoms with E-state index in [4.69, 9.17) is 5.73 Å². The van der Waals surface area contributed by atoms with Crippen LogP contribution >= 0.6 is 0 Å². The third kappa shape index (κ3) is 7.65. The number of nitrogens with one attached hydrogen (secondary N) is 5. The van der Waals surface area contributed by atoms with Crippen LogP contribution in [0.1, 0.15) is 32.0 Å². The number of aliphatic carboxylic acids is 1. The maximum Gasteiger partial charge on any atom is 0.326 e. The standard InChI is InChI=1S/C26H35N7O6/c1-13(2)21(32-23(35)18(27)8-15-10-29-19-7-5-4-6-17(15)19)24(36)33-22(14(3)34)25(37)31-20(26(38)39)9-16-11-28-12-30-16/h4-7,10-14,18,20-22,29,34H,8-9,27H2,1-3H3,(H,28,30)(H,31,37)(H,32,35)(H,33,36)(H,38,39). The van der Waals surface area contributed by atoms with E-state index < -0.39 is 54.0 Å². The van der Waals surface area contributed by atoms with Crippen molar-refractivity contribution in [1.82, 2.24) is 30.9 Å². The number of aromatic amines is 2. The van der Waals surface area contributed by atoms with Gasteiger partial charge in [-0.2, -0.15) is 0 Å². The fourth-order valence-electron chi connectivity index (χ4n) is 4.15. The van der Waals surface area contributed by atoms with E-state index in [1.165, 1.54) is 19.4 Å². The van der Waals surface area contributed by atoms with Crippen LogP contribution < -0.4 is 21.7 Å². The number of aromatic nitrogens is 3. The van der Waals surface area contributed by atoms with Gasteiger partial charge in [-0.25, -0.2) is 9.78 Å². The van der Waals surface area contributed by atoms with Gasteiger partial charge in [0.15, 0.2) is 0 Å². The molecule has 0 saturated carbocycles. The predicted octanol–water partition coefficient (Wildman–Crippen LogP) is -0.421. The number of nitrogens with zero attached hydrogens (tertiary/aromatic N) is 1. The van der Waals surface area contributed by atoms with Crippen molar-refractivity contribution in [1.29, 1.82) is 0 Å². The summed E-state index contributed by atoms with van der Waals surface area (Å²) in [5, 5.41) is 28.1. The van der Waals surface area contributed by atoms with Gasteiger partial charge in [-0.15, -0.1) is 0 Å². The minimum atomic E-state index is -1.47. The predicted molar refractivity (Wildman–Crippen MR) is 142 cm³/mol. The van der Waals surface area contributed by atoms with Gasteiger partial charge >= 0.3 is 5.97 Å². The van der Waals surface area contributed by atoms with Crippen molar-refractivity contribution < 1.29 is 29.4 Å². The molecule has 0 bridgehead atoms. The molecule has 5 atom stereocenters. The van der Waals surface area contributed by atoms with Gasteiger partial charge in [0.25, 0.3) is 0 Å². The van der Waals surface area contributed by atoms with Gasteiger partial charge in [0.2, 0.25) is 17.7 Å². The number of hydrogen-bond donors (Lipinski definition) is 8. The maximum absolute atomic E-state index is 13.1. The third-order valence-electron chi connectivity index (χ3n) is 6.35. The van der Waals surface area contributed by atoms with Gasteiger partial charge < -0.3 is 41.9 Å². The van der Waals surface area contributed by atoms with E-state index in [0.717, 1.165) is 16.5 Å². The van der Waals surface area contributed by atoms with Crippen LogP contribution in [-0.2, 0) is 32.0 Å². The summed E-state index contributed by atoms with van der Waals surface area (Å²) in [5.41, 5.74) is 8.41. The number of H-pyrrole nitrogens is 2. The van der Waals surface area contributed by atoms with E-state index in [-0.39, 0.29) is 18.8 Å². The zero-order valence-corrected chi connectivity index (χ0v) is 22.0. The molecule has 0 aliphatic carbocycles. The second-order valence-electron chi connectivity index (χ2n) is 9.81. The van der Waals surface area contributed by atoms with E-state index in [0.29, 0.717) is 5.69 Å². The van der Waals surface area contributed by atoms with Gasteiger partial charge in [-0.05, 0) is 30.9 Å². The third-order valence-corrected chi connectivity index (χ3v) is 6.35. The second kappa shape index (κ2) is 13.0. The lowest BCUT2D eigenvalue weighted by Gasteiger charge is -2.28. The van der Waals surface area contributed by atoms with Crippen LogP contribution in [0.3, 0.4) is 0 Å². The number of amides is 3. The van der Waals surface area contributed by atoms with Crippen LogP contribution in [0.15, 0.2) is 43.0 Å². The summed E-state index contributed by atoms with van der Waals surface area (Å²) >= 11 is 0. The number of carbonyl (C=O) groups excluding carboxylic acids is 3. The Bertz CT molecular complexity index is 1290. The van der Waals surface area contributed by atoms with Crippen molar-refractivity contribution in [2.75, 3.05) is 0 Å². The van der Waals surface area contributed by atoms with Gasteiger partial charge in [0, 0.05) is 35.4 Å². The molecule has 0 aliphatic rings. The molecule has 3 aromatic rings. The number of rotatable bonds is 13. The molecule has 9 N–H and O–H groups in total. The number of benzene rings is 1. The quantitative estimate of drug-likeness (QED) is 0.142. The van der Waals surface area contributed by atoms with Crippen LogP contribution in [0.5, 0.6) is 0 Å². The molecule has 3 amide bonds. The van der Waals surface area contributed by atoms with Gasteiger partial charge in [-0.3, -0.25) is 14.4 Å². The molecule has 5 unspecified atom stereocenters. The Balaban J connectivity index is 1.65. The number of para-hydroxylation sites is 1. The molecular formula is C26H35N7O6. The van der Waals surface area contributed by atoms with Crippen molar-refractivity contribution in [2.45, 2.75) is 63.9 Å². The van der Waals surface area contributed by atoms with Crippen molar-refractivity contribution in [2.24, 2.45) is 11.7 Å². The number of carboxylic acid groups (broad SMARTS) is 1. The first-order valence-electron chi connectivity index (χ1n) is 12.6. The molecule has 1 aromatic carbocycles. The van der Waals surface area contributed by atoms with E-state index in [9.17, 15) is 29.4 Å². The number of aliphatic hydroxyl groups is 1. The highest BCUT2D eigenvalue weighted by Gasteiger charge is 2.34. The van der Waals surface area contributed by atoms with Gasteiger partial charge in [-0.1, -0.05) is 32.0 Å². The van der Waals surface area contributed by atoms with Crippen molar-refractivity contribution >= 4 is 34.6 Å². The van der Waals surface area contributed by atoms with Gasteiger partial charge in [0.1, 0.15) is 18.1 Å². The number of aliphatic hydroxyl groups excluding tert-OH is 1. The first kappa shape index (κ1) is 29.3. The van der Waals surface area contributed by atoms with E-state index in [1.807, 2.05) is 24.3 Å². The Hall–Kier alpha value is -4.23. The van der Waals surface area contributed by atoms with E-state index in [2.05, 4.69) is 30.9 Å². The molecule has 2 heterocycles. The van der Waals surface area contributed by atoms with E-state index in [1.54, 1.807) is 20.0 Å². The number of carbonyl (C=O) groups is 4. The van der Waals surface area contributed by atoms with Crippen molar-refractivity contribution in [3.05, 3.63) is 54.2 Å². The first-order chi connectivity index (χ1) is 18.5. The number of imidazole rings is 1. The molecule has 13 nitrogen and oxygen atoms in total. The summed E-state index contributed by atoms with van der Waals surface area (Å²) in [7, 11) is 0. The van der Waals surface area contributed by atoms with Crippen LogP contribution in [0, 0.1) is 5.92 Å². The molecule has 210 valence electrons. The summed E-state index contributed by atoms with van der Waals surface area (Å²) in [5.74, 6) is -3.86. The Morgan fingerprint density at radius 2 is 1.62 bits per heavy atom. The number of fused-ring (bicyclic) bond motifs is 1. The normalized spacial score (nSPS) is 15.2. The number of nitrogens with two attached hydrogens (primary N) is 1. The lowest BCUT2D eigenvalue weighted by molar-refractivity contribution is -0.143. The summed E-state index contributed by atoms with van der Waals surface area (Å²) in [6, 6.07) is 2.78. The van der Waals surface area contributed by atoms with Crippen LogP contribution in [0.25, 0.3) is 10.9 Å². The molecule has 3 rings (SSSR count). The monoisotopic (exact) mass is 541 g/mol. The largest absolute Gasteiger partial charge is 0.480 e. The van der Waals surface area contributed by atoms with Crippen molar-refractivity contribution in [3.8, 4) is 0 Å². The molecule has 0 aliphatic heterocycles. The highest BCUT2D eigenvalue weighted by molar-refractivity contribution is 5.94. The van der Waals surface area contributed by atoms with Crippen molar-refractivity contribution in [3.63, 3.8) is 0 Å². The Kier molecular flexibility index (Phi) is 9.79. The average molecular weight is 542 g/mol. The SMILES string of the molecule is CC(C)C(NC(=O)C(N)Cc1c[nH]c2ccccc12)C(=O)NC(C(=O)NC(Cc1cnc[nH]1)C(=O)O)C(C)O. The highest BCUT2D eigenvalue weighted by atomic mass is 16.4. The Morgan fingerprint density at radius 3 is 2.23 bits per heavy atom. The number of carboxylic acids is 1. The topological polar surface area (TPSA) is 215 Å². The summed E-state index contributed by atoms with van der Waals surface area (Å²) in [6.07, 6.45) is 3.38. The summed E-state index contributed by atoms with van der Waals surface area (Å²) in [4.78, 5) is 60.3. The lowest BCUT2D eigenvalue weighted by Crippen LogP contribution is -2.61. The highest BCUT2D eigenvalue weighted by Crippen LogP contribution is 2.19. The molecule has 2 aromatic heterocycles. The molecular weight excluding hydrogens is 506 g/mol. The molecule has 0 fully saturated rings. The van der Waals surface area contributed by atoms with Gasteiger partial charge in [0.05, 0.1) is 18.5 Å². The summed E-state index contributed by atoms with van der Waals surface area (Å²) < 4.78 is 0. The summed E-state index contributed by atoms with van der Waals surface area (Å²) in [6.45, 7) is 4.70. The smallest absolute Gasteiger partial charge is 0.326 e. The Morgan fingerprint density at radius 1 is 0.949 bits per heavy atom. The van der Waals surface area contributed by atoms with E-state index >= 15 is 0 Å². The number of hydrogen-bond acceptors (Lipinski definition) is 7. The maximum atomic E-state index is 13.1. The molecule has 0 radical (unpaired) electrons. The fourth-order valence-corrected chi connectivity index (χ4v) is 4.15. The zero-order chi connectivity index (χ0) is 28.7. The fraction of sp³-hybridized carbons (Fsp3) is 0.423. The van der Waals surface area contributed by atoms with Crippen LogP contribution in [-0.4, -0.2) is 79.1 Å². The Labute approximate surface area is 225 Å². The molecule has 0 spiro atoms. The average Bonchev–Trinajstić information content (AvgIpc) is 3.54. The van der Waals surface area contributed by atoms with Crippen LogP contribution in [0.2, 0.25) is 0 Å². The first-order valence-corrected chi connectivity index (χ1v) is 12.6.